The quantitative estimate of drug-likeness (QED) is 0.368. The lowest BCUT2D eigenvalue weighted by Crippen LogP contribution is -2.06. The minimum Gasteiger partial charge on any atom is -0.326 e. The maximum atomic E-state index is 12.7. The van der Waals surface area contributed by atoms with E-state index in [0.29, 0.717) is 11.3 Å². The predicted molar refractivity (Wildman–Crippen MR) is 121 cm³/mol. The van der Waals surface area contributed by atoms with Crippen molar-refractivity contribution in [1.29, 1.82) is 0 Å². The molecule has 0 spiro atoms. The third-order valence-electron chi connectivity index (χ3n) is 4.60. The van der Waals surface area contributed by atoms with Crippen molar-refractivity contribution in [2.45, 2.75) is 6.92 Å². The number of carbonyl (C=O) groups is 2. The van der Waals surface area contributed by atoms with E-state index in [9.17, 15) is 9.59 Å². The van der Waals surface area contributed by atoms with Crippen molar-refractivity contribution in [1.82, 2.24) is 14.8 Å². The zero-order chi connectivity index (χ0) is 21.6. The van der Waals surface area contributed by atoms with Crippen LogP contribution in [0.3, 0.4) is 0 Å². The summed E-state index contributed by atoms with van der Waals surface area (Å²) >= 11 is 0. The van der Waals surface area contributed by atoms with Crippen molar-refractivity contribution in [3.05, 3.63) is 103 Å². The first-order chi connectivity index (χ1) is 15.1. The molecule has 0 aliphatic carbocycles. The number of aromatic nitrogens is 3. The fourth-order valence-corrected chi connectivity index (χ4v) is 3.17. The second kappa shape index (κ2) is 9.00. The molecule has 31 heavy (non-hydrogen) atoms. The normalized spacial score (nSPS) is 10.9. The Kier molecular flexibility index (Phi) is 5.80. The summed E-state index contributed by atoms with van der Waals surface area (Å²) in [5.41, 5.74) is 4.46. The molecule has 2 heterocycles. The highest BCUT2D eigenvalue weighted by atomic mass is 16.1. The van der Waals surface area contributed by atoms with Crippen LogP contribution in [0.1, 0.15) is 22.8 Å². The fraction of sp³-hybridized carbons (Fsp3) is 0.0400. The van der Waals surface area contributed by atoms with Gasteiger partial charge in [0.15, 0.2) is 5.78 Å². The van der Waals surface area contributed by atoms with Gasteiger partial charge in [-0.05, 0) is 48.6 Å². The third-order valence-corrected chi connectivity index (χ3v) is 4.60. The molecular weight excluding hydrogens is 388 g/mol. The summed E-state index contributed by atoms with van der Waals surface area (Å²) in [5, 5.41) is 7.42. The summed E-state index contributed by atoms with van der Waals surface area (Å²) in [7, 11) is 0. The molecule has 1 amide bonds. The molecule has 152 valence electrons. The number of nitrogens with one attached hydrogen (secondary N) is 1. The van der Waals surface area contributed by atoms with E-state index >= 15 is 0 Å². The van der Waals surface area contributed by atoms with Crippen LogP contribution in [0.5, 0.6) is 0 Å². The van der Waals surface area contributed by atoms with Gasteiger partial charge >= 0.3 is 0 Å². The first-order valence-corrected chi connectivity index (χ1v) is 9.76. The molecule has 4 rings (SSSR count). The number of carbonyl (C=O) groups excluding carboxylic acids is 2. The number of nitrogens with zero attached hydrogens (tertiary/aromatic N) is 3. The number of rotatable bonds is 6. The SMILES string of the molecule is CC(=O)Nc1cccc(C(=O)/C=C/c2cn(-c3ccccc3)nc2-c2ccncc2)c1. The summed E-state index contributed by atoms with van der Waals surface area (Å²) in [5.74, 6) is -0.351. The lowest BCUT2D eigenvalue weighted by molar-refractivity contribution is -0.114. The Morgan fingerprint density at radius 3 is 2.48 bits per heavy atom. The molecule has 2 aromatic heterocycles. The van der Waals surface area contributed by atoms with E-state index < -0.39 is 0 Å². The maximum absolute atomic E-state index is 12.7. The molecule has 0 atom stereocenters. The average Bonchev–Trinajstić information content (AvgIpc) is 3.23. The molecule has 0 unspecified atom stereocenters. The van der Waals surface area contributed by atoms with Crippen LogP contribution in [0.2, 0.25) is 0 Å². The Morgan fingerprint density at radius 2 is 1.74 bits per heavy atom. The van der Waals surface area contributed by atoms with Gasteiger partial charge in [0.25, 0.3) is 0 Å². The molecule has 6 heteroatoms. The Labute approximate surface area is 179 Å². The van der Waals surface area contributed by atoms with E-state index in [2.05, 4.69) is 10.3 Å². The Balaban J connectivity index is 1.67. The smallest absolute Gasteiger partial charge is 0.221 e. The van der Waals surface area contributed by atoms with Gasteiger partial charge in [0, 0.05) is 47.9 Å². The van der Waals surface area contributed by atoms with Crippen LogP contribution in [-0.4, -0.2) is 26.5 Å². The van der Waals surface area contributed by atoms with Crippen LogP contribution < -0.4 is 5.32 Å². The maximum Gasteiger partial charge on any atom is 0.221 e. The Hall–Kier alpha value is -4.32. The molecular formula is C25H20N4O2. The van der Waals surface area contributed by atoms with E-state index in [1.807, 2.05) is 48.7 Å². The lowest BCUT2D eigenvalue weighted by Gasteiger charge is -2.03. The van der Waals surface area contributed by atoms with Gasteiger partial charge in [-0.15, -0.1) is 0 Å². The Bertz CT molecular complexity index is 1250. The molecule has 6 nitrogen and oxygen atoms in total. The topological polar surface area (TPSA) is 76.9 Å². The van der Waals surface area contributed by atoms with E-state index in [1.54, 1.807) is 47.4 Å². The molecule has 0 bridgehead atoms. The van der Waals surface area contributed by atoms with Crippen molar-refractivity contribution in [3.63, 3.8) is 0 Å². The highest BCUT2D eigenvalue weighted by Crippen LogP contribution is 2.24. The number of anilines is 1. The summed E-state index contributed by atoms with van der Waals surface area (Å²) < 4.78 is 1.79. The van der Waals surface area contributed by atoms with Crippen LogP contribution in [0.25, 0.3) is 23.0 Å². The molecule has 1 N–H and O–H groups in total. The van der Waals surface area contributed by atoms with Gasteiger partial charge in [0.1, 0.15) is 5.69 Å². The number of hydrogen-bond donors (Lipinski definition) is 1. The van der Waals surface area contributed by atoms with Gasteiger partial charge in [-0.1, -0.05) is 30.3 Å². The van der Waals surface area contributed by atoms with Crippen molar-refractivity contribution in [3.8, 4) is 16.9 Å². The van der Waals surface area contributed by atoms with Crippen molar-refractivity contribution >= 4 is 23.5 Å². The first-order valence-electron chi connectivity index (χ1n) is 9.76. The second-order valence-corrected chi connectivity index (χ2v) is 6.91. The zero-order valence-electron chi connectivity index (χ0n) is 16.9. The second-order valence-electron chi connectivity index (χ2n) is 6.91. The van der Waals surface area contributed by atoms with Crippen LogP contribution >= 0.6 is 0 Å². The largest absolute Gasteiger partial charge is 0.326 e. The van der Waals surface area contributed by atoms with Gasteiger partial charge < -0.3 is 5.32 Å². The number of para-hydroxylation sites is 1. The highest BCUT2D eigenvalue weighted by molar-refractivity contribution is 6.08. The van der Waals surface area contributed by atoms with E-state index in [-0.39, 0.29) is 11.7 Å². The lowest BCUT2D eigenvalue weighted by atomic mass is 10.1. The van der Waals surface area contributed by atoms with Crippen molar-refractivity contribution < 1.29 is 9.59 Å². The van der Waals surface area contributed by atoms with E-state index in [4.69, 9.17) is 5.10 Å². The van der Waals surface area contributed by atoms with Crippen LogP contribution in [0.4, 0.5) is 5.69 Å². The molecule has 0 radical (unpaired) electrons. The molecule has 2 aromatic carbocycles. The first kappa shape index (κ1) is 20.0. The van der Waals surface area contributed by atoms with Crippen LogP contribution in [-0.2, 0) is 4.79 Å². The molecule has 0 saturated carbocycles. The average molecular weight is 408 g/mol. The van der Waals surface area contributed by atoms with E-state index in [1.165, 1.54) is 13.0 Å². The summed E-state index contributed by atoms with van der Waals surface area (Å²) in [6, 6.07) is 20.4. The monoisotopic (exact) mass is 408 g/mol. The number of allylic oxidation sites excluding steroid dienone is 1. The van der Waals surface area contributed by atoms with Gasteiger partial charge in [0.05, 0.1) is 5.69 Å². The zero-order valence-corrected chi connectivity index (χ0v) is 16.9. The molecule has 4 aromatic rings. The van der Waals surface area contributed by atoms with E-state index in [0.717, 1.165) is 22.5 Å². The van der Waals surface area contributed by atoms with Crippen molar-refractivity contribution in [2.75, 3.05) is 5.32 Å². The number of pyridine rings is 1. The molecule has 0 aliphatic rings. The highest BCUT2D eigenvalue weighted by Gasteiger charge is 2.11. The summed E-state index contributed by atoms with van der Waals surface area (Å²) in [4.78, 5) is 28.1. The van der Waals surface area contributed by atoms with Crippen molar-refractivity contribution in [2.24, 2.45) is 0 Å². The number of hydrogen-bond acceptors (Lipinski definition) is 4. The predicted octanol–water partition coefficient (Wildman–Crippen LogP) is 4.79. The number of benzene rings is 2. The summed E-state index contributed by atoms with van der Waals surface area (Å²) in [6.07, 6.45) is 8.59. The summed E-state index contributed by atoms with van der Waals surface area (Å²) in [6.45, 7) is 1.43. The molecule has 0 saturated heterocycles. The number of ketones is 1. The van der Waals surface area contributed by atoms with Gasteiger partial charge in [-0.3, -0.25) is 14.6 Å². The van der Waals surface area contributed by atoms with Gasteiger partial charge in [-0.2, -0.15) is 5.10 Å². The molecule has 0 fully saturated rings. The third kappa shape index (κ3) is 4.82. The minimum absolute atomic E-state index is 0.166. The number of amides is 1. The fourth-order valence-electron chi connectivity index (χ4n) is 3.17. The molecule has 0 aliphatic heterocycles. The van der Waals surface area contributed by atoms with Crippen LogP contribution in [0.15, 0.2) is 91.4 Å². The van der Waals surface area contributed by atoms with Crippen LogP contribution in [0, 0.1) is 0 Å². The Morgan fingerprint density at radius 1 is 0.968 bits per heavy atom. The van der Waals surface area contributed by atoms with Gasteiger partial charge in [-0.25, -0.2) is 4.68 Å². The standard InChI is InChI=1S/C25H20N4O2/c1-18(30)27-22-7-5-6-20(16-22)24(31)11-10-21-17-29(23-8-3-2-4-9-23)28-25(21)19-12-14-26-15-13-19/h2-17H,1H3,(H,27,30)/b11-10+. The minimum atomic E-state index is -0.185. The van der Waals surface area contributed by atoms with Gasteiger partial charge in [0.2, 0.25) is 5.91 Å².